The lowest BCUT2D eigenvalue weighted by Crippen LogP contribution is -1.97. The van der Waals surface area contributed by atoms with Crippen molar-refractivity contribution in [3.63, 3.8) is 0 Å². The third kappa shape index (κ3) is 4.78. The van der Waals surface area contributed by atoms with E-state index in [9.17, 15) is 0 Å². The van der Waals surface area contributed by atoms with Crippen LogP contribution in [0.5, 0.6) is 0 Å². The largest absolute Gasteiger partial charge is 0.309 e. The third-order valence-electron chi connectivity index (χ3n) is 10.7. The smallest absolute Gasteiger partial charge is 0.160 e. The van der Waals surface area contributed by atoms with E-state index in [1.807, 2.05) is 24.3 Å². The zero-order valence-corrected chi connectivity index (χ0v) is 29.3. The number of para-hydroxylation sites is 2. The zero-order valence-electron chi connectivity index (χ0n) is 29.3. The molecule has 4 heteroatoms. The van der Waals surface area contributed by atoms with Crippen molar-refractivity contribution in [2.24, 2.45) is 0 Å². The van der Waals surface area contributed by atoms with Crippen LogP contribution in [0.1, 0.15) is 0 Å². The topological polar surface area (TPSA) is 35.6 Å². The maximum absolute atomic E-state index is 5.08. The van der Waals surface area contributed by atoms with Crippen LogP contribution in [0.25, 0.3) is 99.7 Å². The van der Waals surface area contributed by atoms with Crippen molar-refractivity contribution in [2.75, 3.05) is 0 Å². The minimum atomic E-state index is 0.713. The highest BCUT2D eigenvalue weighted by molar-refractivity contribution is 6.19. The van der Waals surface area contributed by atoms with Crippen molar-refractivity contribution in [3.8, 4) is 45.3 Å². The molecule has 0 saturated carbocycles. The third-order valence-corrected chi connectivity index (χ3v) is 10.7. The van der Waals surface area contributed by atoms with E-state index in [1.165, 1.54) is 60.1 Å². The molecule has 0 bridgehead atoms. The summed E-state index contributed by atoms with van der Waals surface area (Å²) in [6.45, 7) is 0. The lowest BCUT2D eigenvalue weighted by Gasteiger charge is -2.12. The monoisotopic (exact) mass is 688 g/mol. The Bertz CT molecular complexity index is 3130. The van der Waals surface area contributed by atoms with Crippen LogP contribution in [-0.2, 0) is 0 Å². The van der Waals surface area contributed by atoms with Crippen molar-refractivity contribution >= 4 is 54.4 Å². The number of aromatic nitrogens is 4. The molecule has 0 amide bonds. The quantitative estimate of drug-likeness (QED) is 0.180. The van der Waals surface area contributed by atoms with E-state index in [0.29, 0.717) is 5.82 Å². The molecule has 0 aliphatic rings. The van der Waals surface area contributed by atoms with Gasteiger partial charge in [-0.2, -0.15) is 0 Å². The van der Waals surface area contributed by atoms with Gasteiger partial charge in [0.2, 0.25) is 0 Å². The van der Waals surface area contributed by atoms with Gasteiger partial charge < -0.3 is 9.13 Å². The van der Waals surface area contributed by atoms with Crippen LogP contribution >= 0.6 is 0 Å². The Balaban J connectivity index is 1.10. The summed E-state index contributed by atoms with van der Waals surface area (Å²) in [5.74, 6) is 0.713. The van der Waals surface area contributed by atoms with Gasteiger partial charge in [0.1, 0.15) is 0 Å². The minimum Gasteiger partial charge on any atom is -0.309 e. The van der Waals surface area contributed by atoms with Gasteiger partial charge in [0.05, 0.1) is 39.1 Å². The Kier molecular flexibility index (Phi) is 6.82. The molecular weight excluding hydrogens is 657 g/mol. The van der Waals surface area contributed by atoms with E-state index in [2.05, 4.69) is 179 Å². The van der Waals surface area contributed by atoms with Crippen LogP contribution in [0.3, 0.4) is 0 Å². The molecule has 0 aliphatic carbocycles. The molecule has 3 heterocycles. The molecule has 0 aliphatic heterocycles. The van der Waals surface area contributed by atoms with E-state index in [0.717, 1.165) is 33.8 Å². The van der Waals surface area contributed by atoms with Crippen LogP contribution in [0, 0.1) is 0 Å². The minimum absolute atomic E-state index is 0.713. The zero-order chi connectivity index (χ0) is 35.6. The number of nitrogens with zero attached hydrogens (tertiary/aromatic N) is 4. The second-order valence-electron chi connectivity index (χ2n) is 13.8. The predicted molar refractivity (Wildman–Crippen MR) is 225 cm³/mol. The first-order valence-corrected chi connectivity index (χ1v) is 18.3. The van der Waals surface area contributed by atoms with Gasteiger partial charge in [-0.15, -0.1) is 0 Å². The second-order valence-corrected chi connectivity index (χ2v) is 13.8. The standard InChI is InChI=1S/C50H32N4/c1-3-15-34(16-4-1)43-32-44(52-50(51-43)36-17-5-2-6-18-36)35-26-28-37(29-27-35)53-46-23-11-9-21-39(46)41-31-49-42(30-48(41)53)40-22-10-12-24-47(40)54(49)45-25-13-19-33-14-7-8-20-38(33)45/h1-32H. The predicted octanol–water partition coefficient (Wildman–Crippen LogP) is 12.8. The Morgan fingerprint density at radius 1 is 0.315 bits per heavy atom. The van der Waals surface area contributed by atoms with Crippen molar-refractivity contribution < 1.29 is 0 Å². The van der Waals surface area contributed by atoms with Gasteiger partial charge in [-0.3, -0.25) is 0 Å². The van der Waals surface area contributed by atoms with Crippen LogP contribution in [0.4, 0.5) is 0 Å². The molecule has 11 rings (SSSR count). The summed E-state index contributed by atoms with van der Waals surface area (Å²) in [6, 6.07) is 69.1. The van der Waals surface area contributed by atoms with Gasteiger partial charge in [0.25, 0.3) is 0 Å². The fourth-order valence-electron chi connectivity index (χ4n) is 8.22. The first-order valence-electron chi connectivity index (χ1n) is 18.3. The lowest BCUT2D eigenvalue weighted by atomic mass is 10.1. The summed E-state index contributed by atoms with van der Waals surface area (Å²) in [7, 11) is 0. The molecule has 0 spiro atoms. The normalized spacial score (nSPS) is 11.7. The van der Waals surface area contributed by atoms with Crippen LogP contribution in [0.15, 0.2) is 194 Å². The molecule has 0 radical (unpaired) electrons. The highest BCUT2D eigenvalue weighted by atomic mass is 15.0. The van der Waals surface area contributed by atoms with E-state index in [4.69, 9.17) is 9.97 Å². The Hall–Kier alpha value is -7.30. The van der Waals surface area contributed by atoms with Gasteiger partial charge in [-0.1, -0.05) is 146 Å². The highest BCUT2D eigenvalue weighted by Gasteiger charge is 2.19. The summed E-state index contributed by atoms with van der Waals surface area (Å²) in [6.07, 6.45) is 0. The van der Waals surface area contributed by atoms with Crippen LogP contribution in [0.2, 0.25) is 0 Å². The molecule has 4 nitrogen and oxygen atoms in total. The highest BCUT2D eigenvalue weighted by Crippen LogP contribution is 2.41. The number of benzene rings is 8. The molecule has 11 aromatic rings. The van der Waals surface area contributed by atoms with Crippen LogP contribution in [-0.4, -0.2) is 19.1 Å². The molecule has 0 fully saturated rings. The molecule has 0 atom stereocenters. The summed E-state index contributed by atoms with van der Waals surface area (Å²) in [5, 5.41) is 7.39. The Morgan fingerprint density at radius 3 is 1.48 bits per heavy atom. The molecule has 0 unspecified atom stereocenters. The number of fused-ring (bicyclic) bond motifs is 7. The fraction of sp³-hybridized carbons (Fsp3) is 0. The Morgan fingerprint density at radius 2 is 0.815 bits per heavy atom. The first kappa shape index (κ1) is 30.3. The number of rotatable bonds is 5. The van der Waals surface area contributed by atoms with Gasteiger partial charge in [0.15, 0.2) is 5.82 Å². The maximum atomic E-state index is 5.08. The first-order chi connectivity index (χ1) is 26.8. The second kappa shape index (κ2) is 12.1. The average Bonchev–Trinajstić information content (AvgIpc) is 3.75. The maximum Gasteiger partial charge on any atom is 0.160 e. The van der Waals surface area contributed by atoms with E-state index in [-0.39, 0.29) is 0 Å². The fourth-order valence-corrected chi connectivity index (χ4v) is 8.22. The van der Waals surface area contributed by atoms with Crippen molar-refractivity contribution in [2.45, 2.75) is 0 Å². The Labute approximate surface area is 311 Å². The van der Waals surface area contributed by atoms with Gasteiger partial charge >= 0.3 is 0 Å². The molecule has 0 saturated heterocycles. The van der Waals surface area contributed by atoms with E-state index in [1.54, 1.807) is 0 Å². The molecule has 8 aromatic carbocycles. The van der Waals surface area contributed by atoms with Crippen molar-refractivity contribution in [1.29, 1.82) is 0 Å². The number of hydrogen-bond donors (Lipinski definition) is 0. The molecule has 0 N–H and O–H groups in total. The van der Waals surface area contributed by atoms with E-state index < -0.39 is 0 Å². The van der Waals surface area contributed by atoms with Gasteiger partial charge in [-0.25, -0.2) is 9.97 Å². The van der Waals surface area contributed by atoms with Gasteiger partial charge in [-0.05, 0) is 53.9 Å². The number of hydrogen-bond acceptors (Lipinski definition) is 2. The van der Waals surface area contributed by atoms with Crippen molar-refractivity contribution in [3.05, 3.63) is 194 Å². The summed E-state index contributed by atoms with van der Waals surface area (Å²) in [4.78, 5) is 10.1. The summed E-state index contributed by atoms with van der Waals surface area (Å²) in [5.41, 5.74) is 11.9. The molecule has 252 valence electrons. The summed E-state index contributed by atoms with van der Waals surface area (Å²) >= 11 is 0. The van der Waals surface area contributed by atoms with Crippen LogP contribution < -0.4 is 0 Å². The van der Waals surface area contributed by atoms with E-state index >= 15 is 0 Å². The molecule has 3 aromatic heterocycles. The SMILES string of the molecule is c1ccc(-c2cc(-c3ccc(-n4c5ccccc5c5cc6c(cc54)c4ccccc4n6-c4cccc5ccccc45)cc3)nc(-c3ccccc3)n2)cc1. The molecule has 54 heavy (non-hydrogen) atoms. The van der Waals surface area contributed by atoms with Gasteiger partial charge in [0, 0.05) is 49.3 Å². The molecular formula is C50H32N4. The lowest BCUT2D eigenvalue weighted by molar-refractivity contribution is 1.17. The summed E-state index contributed by atoms with van der Waals surface area (Å²) < 4.78 is 4.85. The van der Waals surface area contributed by atoms with Crippen molar-refractivity contribution in [1.82, 2.24) is 19.1 Å². The average molecular weight is 689 g/mol.